The van der Waals surface area contributed by atoms with Crippen molar-refractivity contribution in [2.24, 2.45) is 11.8 Å². The molecule has 136 valence electrons. The second-order valence-electron chi connectivity index (χ2n) is 7.49. The van der Waals surface area contributed by atoms with Crippen molar-refractivity contribution in [2.75, 3.05) is 6.54 Å². The number of alkyl carbamates (subject to hydrolysis) is 1. The number of hydrogen-bond acceptors (Lipinski definition) is 5. The minimum absolute atomic E-state index is 0.386. The van der Waals surface area contributed by atoms with Crippen molar-refractivity contribution in [3.05, 3.63) is 0 Å². The van der Waals surface area contributed by atoms with E-state index in [1.165, 1.54) is 0 Å². The lowest BCUT2D eigenvalue weighted by atomic mass is 9.94. The molecular weight excluding hydrogens is 300 g/mol. The lowest BCUT2D eigenvalue weighted by Gasteiger charge is -2.34. The van der Waals surface area contributed by atoms with Crippen LogP contribution in [-0.4, -0.2) is 46.2 Å². The molecule has 0 radical (unpaired) electrons. The molecule has 1 unspecified atom stereocenters. The molecule has 0 fully saturated rings. The third kappa shape index (κ3) is 8.18. The molecule has 0 saturated heterocycles. The summed E-state index contributed by atoms with van der Waals surface area (Å²) in [6, 6.07) is -1.52. The topological polar surface area (TPSA) is 108 Å². The Hall–Kier alpha value is -1.34. The maximum Gasteiger partial charge on any atom is 0.408 e. The minimum Gasteiger partial charge on any atom is -0.444 e. The molecule has 0 saturated carbocycles. The summed E-state index contributed by atoms with van der Waals surface area (Å²) in [6.45, 7) is 12.5. The smallest absolute Gasteiger partial charge is 0.408 e. The molecule has 0 aromatic carbocycles. The fraction of sp³-hybridized carbons (Fsp3) is 0.875. The zero-order valence-corrected chi connectivity index (χ0v) is 15.3. The van der Waals surface area contributed by atoms with Gasteiger partial charge in [-0.1, -0.05) is 27.7 Å². The van der Waals surface area contributed by atoms with Crippen LogP contribution in [0.2, 0.25) is 0 Å². The largest absolute Gasteiger partial charge is 0.444 e. The van der Waals surface area contributed by atoms with E-state index in [1.54, 1.807) is 34.6 Å². The zero-order chi connectivity index (χ0) is 18.4. The Morgan fingerprint density at radius 1 is 1.09 bits per heavy atom. The standard InChI is InChI=1S/C16H32N2O5/c1-10(2)8-9-17-13(19)12(16(21,22)11(3)4)18-14(20)23-15(5,6)7/h10-12,21-22H,8-9H2,1-7H3,(H,17,19)(H,18,20). The summed E-state index contributed by atoms with van der Waals surface area (Å²) in [5.41, 5.74) is -0.756. The van der Waals surface area contributed by atoms with Crippen LogP contribution in [0.5, 0.6) is 0 Å². The number of aliphatic hydroxyl groups is 2. The van der Waals surface area contributed by atoms with E-state index in [1.807, 2.05) is 13.8 Å². The van der Waals surface area contributed by atoms with Gasteiger partial charge in [0, 0.05) is 12.5 Å². The summed E-state index contributed by atoms with van der Waals surface area (Å²) in [5.74, 6) is -3.32. The van der Waals surface area contributed by atoms with Crippen molar-refractivity contribution in [1.82, 2.24) is 10.6 Å². The number of nitrogens with one attached hydrogen (secondary N) is 2. The van der Waals surface area contributed by atoms with E-state index in [0.29, 0.717) is 12.5 Å². The van der Waals surface area contributed by atoms with Crippen LogP contribution in [0.15, 0.2) is 0 Å². The molecule has 0 aliphatic heterocycles. The molecule has 0 aliphatic rings. The first-order valence-corrected chi connectivity index (χ1v) is 7.99. The molecule has 2 amide bonds. The Balaban J connectivity index is 5.03. The first-order valence-electron chi connectivity index (χ1n) is 7.99. The molecular formula is C16H32N2O5. The van der Waals surface area contributed by atoms with Gasteiger partial charge in [-0.25, -0.2) is 4.79 Å². The highest BCUT2D eigenvalue weighted by atomic mass is 16.6. The summed E-state index contributed by atoms with van der Waals surface area (Å²) >= 11 is 0. The van der Waals surface area contributed by atoms with Crippen LogP contribution < -0.4 is 10.6 Å². The van der Waals surface area contributed by atoms with Gasteiger partial charge in [0.15, 0.2) is 11.8 Å². The molecule has 7 nitrogen and oxygen atoms in total. The molecule has 0 aliphatic carbocycles. The quantitative estimate of drug-likeness (QED) is 0.527. The lowest BCUT2D eigenvalue weighted by Crippen LogP contribution is -2.63. The molecule has 7 heteroatoms. The Morgan fingerprint density at radius 3 is 2.00 bits per heavy atom. The van der Waals surface area contributed by atoms with E-state index in [0.717, 1.165) is 6.42 Å². The lowest BCUT2D eigenvalue weighted by molar-refractivity contribution is -0.211. The number of amides is 2. The van der Waals surface area contributed by atoms with Crippen molar-refractivity contribution in [3.8, 4) is 0 Å². The van der Waals surface area contributed by atoms with Crippen LogP contribution in [0, 0.1) is 11.8 Å². The molecule has 0 aromatic rings. The maximum absolute atomic E-state index is 12.3. The molecule has 0 heterocycles. The Kier molecular flexibility index (Phi) is 8.00. The van der Waals surface area contributed by atoms with Crippen LogP contribution in [-0.2, 0) is 9.53 Å². The van der Waals surface area contributed by atoms with Gasteiger partial charge in [0.05, 0.1) is 0 Å². The van der Waals surface area contributed by atoms with Gasteiger partial charge in [-0.2, -0.15) is 0 Å². The number of carbonyl (C=O) groups excluding carboxylic acids is 2. The zero-order valence-electron chi connectivity index (χ0n) is 15.3. The predicted molar refractivity (Wildman–Crippen MR) is 87.6 cm³/mol. The second kappa shape index (κ2) is 8.49. The van der Waals surface area contributed by atoms with Crippen LogP contribution in [0.1, 0.15) is 54.9 Å². The van der Waals surface area contributed by atoms with Crippen molar-refractivity contribution < 1.29 is 24.5 Å². The van der Waals surface area contributed by atoms with Crippen LogP contribution in [0.3, 0.4) is 0 Å². The van der Waals surface area contributed by atoms with E-state index >= 15 is 0 Å². The van der Waals surface area contributed by atoms with Gasteiger partial charge in [-0.3, -0.25) is 4.79 Å². The van der Waals surface area contributed by atoms with Crippen LogP contribution >= 0.6 is 0 Å². The van der Waals surface area contributed by atoms with Gasteiger partial charge in [-0.15, -0.1) is 0 Å². The average Bonchev–Trinajstić information content (AvgIpc) is 2.32. The van der Waals surface area contributed by atoms with Crippen molar-refractivity contribution >= 4 is 12.0 Å². The summed E-state index contributed by atoms with van der Waals surface area (Å²) < 4.78 is 5.08. The van der Waals surface area contributed by atoms with Crippen molar-refractivity contribution in [3.63, 3.8) is 0 Å². The van der Waals surface area contributed by atoms with Crippen LogP contribution in [0.25, 0.3) is 0 Å². The van der Waals surface area contributed by atoms with Gasteiger partial charge < -0.3 is 25.6 Å². The van der Waals surface area contributed by atoms with Gasteiger partial charge in [0.25, 0.3) is 0 Å². The van der Waals surface area contributed by atoms with Crippen LogP contribution in [0.4, 0.5) is 4.79 Å². The first kappa shape index (κ1) is 21.7. The number of carbonyl (C=O) groups is 2. The molecule has 23 heavy (non-hydrogen) atoms. The number of ether oxygens (including phenoxy) is 1. The van der Waals surface area contributed by atoms with Crippen molar-refractivity contribution in [2.45, 2.75) is 72.3 Å². The third-order valence-electron chi connectivity index (χ3n) is 3.22. The SMILES string of the molecule is CC(C)CCNC(=O)C(NC(=O)OC(C)(C)C)C(O)(O)C(C)C. The van der Waals surface area contributed by atoms with E-state index in [-0.39, 0.29) is 0 Å². The summed E-state index contributed by atoms with van der Waals surface area (Å²) in [4.78, 5) is 24.2. The monoisotopic (exact) mass is 332 g/mol. The fourth-order valence-corrected chi connectivity index (χ4v) is 1.71. The summed E-state index contributed by atoms with van der Waals surface area (Å²) in [7, 11) is 0. The summed E-state index contributed by atoms with van der Waals surface area (Å²) in [5, 5.41) is 25.3. The molecule has 0 bridgehead atoms. The van der Waals surface area contributed by atoms with E-state index in [9.17, 15) is 19.8 Å². The average molecular weight is 332 g/mol. The third-order valence-corrected chi connectivity index (χ3v) is 3.22. The Labute approximate surface area is 138 Å². The molecule has 1 atom stereocenters. The molecule has 0 rings (SSSR count). The van der Waals surface area contributed by atoms with E-state index in [4.69, 9.17) is 4.74 Å². The van der Waals surface area contributed by atoms with Gasteiger partial charge in [-0.05, 0) is 33.1 Å². The highest BCUT2D eigenvalue weighted by Crippen LogP contribution is 2.19. The number of rotatable bonds is 7. The van der Waals surface area contributed by atoms with Gasteiger partial charge in [0.1, 0.15) is 5.60 Å². The van der Waals surface area contributed by atoms with E-state index in [2.05, 4.69) is 10.6 Å². The molecule has 4 N–H and O–H groups in total. The Bertz CT molecular complexity index is 400. The van der Waals surface area contributed by atoms with Gasteiger partial charge >= 0.3 is 6.09 Å². The first-order chi connectivity index (χ1) is 10.3. The number of hydrogen-bond donors (Lipinski definition) is 4. The maximum atomic E-state index is 12.3. The fourth-order valence-electron chi connectivity index (χ4n) is 1.71. The summed E-state index contributed by atoms with van der Waals surface area (Å²) in [6.07, 6.45) is -0.134. The van der Waals surface area contributed by atoms with Crippen molar-refractivity contribution in [1.29, 1.82) is 0 Å². The van der Waals surface area contributed by atoms with E-state index < -0.39 is 35.3 Å². The highest BCUT2D eigenvalue weighted by Gasteiger charge is 2.44. The van der Waals surface area contributed by atoms with Gasteiger partial charge in [0.2, 0.25) is 5.91 Å². The Morgan fingerprint density at radius 2 is 1.61 bits per heavy atom. The highest BCUT2D eigenvalue weighted by molar-refractivity contribution is 5.86. The molecule has 0 aromatic heterocycles. The normalized spacial score (nSPS) is 13.9. The molecule has 0 spiro atoms. The second-order valence-corrected chi connectivity index (χ2v) is 7.49. The minimum atomic E-state index is -2.39. The predicted octanol–water partition coefficient (Wildman–Crippen LogP) is 1.38.